The molecule has 44 heavy (non-hydrogen) atoms. The van der Waals surface area contributed by atoms with Crippen molar-refractivity contribution in [2.75, 3.05) is 6.54 Å². The number of hydrogen-bond donors (Lipinski definition) is 7. The molecule has 3 rings (SSSR count). The van der Waals surface area contributed by atoms with E-state index in [2.05, 4.69) is 20.9 Å². The summed E-state index contributed by atoms with van der Waals surface area (Å²) in [6.45, 7) is 0.159. The molecule has 0 aliphatic carbocycles. The van der Waals surface area contributed by atoms with E-state index in [0.29, 0.717) is 0 Å². The van der Waals surface area contributed by atoms with Crippen molar-refractivity contribution in [3.05, 3.63) is 83.9 Å². The van der Waals surface area contributed by atoms with Crippen molar-refractivity contribution in [3.8, 4) is 0 Å². The largest absolute Gasteiger partial charge is 0.481 e. The lowest BCUT2D eigenvalue weighted by atomic mass is 10.0. The summed E-state index contributed by atoms with van der Waals surface area (Å²) in [5, 5.41) is 18.8. The molecular weight excluding hydrogens is 566 g/mol. The molecule has 0 aromatic heterocycles. The van der Waals surface area contributed by atoms with Crippen molar-refractivity contribution in [3.63, 3.8) is 0 Å². The van der Waals surface area contributed by atoms with E-state index in [4.69, 9.17) is 17.2 Å². The van der Waals surface area contributed by atoms with Crippen LogP contribution in [-0.2, 0) is 25.6 Å². The maximum absolute atomic E-state index is 13.4. The zero-order valence-corrected chi connectivity index (χ0v) is 24.1. The SMILES string of the molecule is NC(=O)[C@H](Cc1ccccc1)NC(=O)[C@H](CCCN=C(N)N)NC(=O)[C@H](CCC(=O)O)NC(=O)c1ccc2ccccc2c1. The molecular formula is C31H37N7O6. The molecule has 0 unspecified atom stereocenters. The highest BCUT2D eigenvalue weighted by atomic mass is 16.4. The van der Waals surface area contributed by atoms with E-state index in [0.717, 1.165) is 16.3 Å². The lowest BCUT2D eigenvalue weighted by molar-refractivity contribution is -0.137. The Balaban J connectivity index is 1.78. The predicted molar refractivity (Wildman–Crippen MR) is 165 cm³/mol. The maximum atomic E-state index is 13.4. The van der Waals surface area contributed by atoms with Gasteiger partial charge in [-0.25, -0.2) is 0 Å². The Labute approximate surface area is 254 Å². The molecule has 0 bridgehead atoms. The molecule has 3 atom stereocenters. The molecule has 0 aliphatic rings. The number of carboxylic acid groups (broad SMARTS) is 1. The summed E-state index contributed by atoms with van der Waals surface area (Å²) in [5.41, 5.74) is 17.4. The Morgan fingerprint density at radius 2 is 1.34 bits per heavy atom. The summed E-state index contributed by atoms with van der Waals surface area (Å²) in [4.78, 5) is 67.4. The van der Waals surface area contributed by atoms with Crippen molar-refractivity contribution in [1.29, 1.82) is 0 Å². The van der Waals surface area contributed by atoms with Gasteiger partial charge in [-0.3, -0.25) is 29.0 Å². The summed E-state index contributed by atoms with van der Waals surface area (Å²) >= 11 is 0. The fourth-order valence-electron chi connectivity index (χ4n) is 4.50. The third kappa shape index (κ3) is 10.4. The Morgan fingerprint density at radius 3 is 1.98 bits per heavy atom. The van der Waals surface area contributed by atoms with Gasteiger partial charge in [0.2, 0.25) is 17.7 Å². The summed E-state index contributed by atoms with van der Waals surface area (Å²) in [5.74, 6) is -4.14. The lowest BCUT2D eigenvalue weighted by Gasteiger charge is -2.25. The molecule has 10 N–H and O–H groups in total. The first-order valence-electron chi connectivity index (χ1n) is 14.0. The number of hydrogen-bond acceptors (Lipinski definition) is 6. The minimum absolute atomic E-state index is 0.0649. The average Bonchev–Trinajstić information content (AvgIpc) is 3.00. The normalized spacial score (nSPS) is 12.7. The van der Waals surface area contributed by atoms with E-state index in [1.807, 2.05) is 30.3 Å². The number of fused-ring (bicyclic) bond motifs is 1. The number of nitrogens with one attached hydrogen (secondary N) is 3. The third-order valence-corrected chi connectivity index (χ3v) is 6.80. The topological polar surface area (TPSA) is 232 Å². The van der Waals surface area contributed by atoms with Crippen LogP contribution in [-0.4, -0.2) is 65.3 Å². The average molecular weight is 604 g/mol. The molecule has 0 fully saturated rings. The molecule has 3 aromatic rings. The molecule has 0 saturated carbocycles. The van der Waals surface area contributed by atoms with Crippen molar-refractivity contribution >= 4 is 46.3 Å². The van der Waals surface area contributed by atoms with Gasteiger partial charge in [0.15, 0.2) is 5.96 Å². The number of primary amides is 1. The smallest absolute Gasteiger partial charge is 0.303 e. The number of carbonyl (C=O) groups is 5. The van der Waals surface area contributed by atoms with Crippen molar-refractivity contribution in [2.45, 2.75) is 50.2 Å². The maximum Gasteiger partial charge on any atom is 0.303 e. The minimum atomic E-state index is -1.28. The number of amides is 4. The van der Waals surface area contributed by atoms with Gasteiger partial charge in [-0.15, -0.1) is 0 Å². The van der Waals surface area contributed by atoms with Gasteiger partial charge in [0.1, 0.15) is 18.1 Å². The van der Waals surface area contributed by atoms with E-state index < -0.39 is 54.1 Å². The van der Waals surface area contributed by atoms with Crippen LogP contribution in [0.15, 0.2) is 77.8 Å². The van der Waals surface area contributed by atoms with Gasteiger partial charge < -0.3 is 38.3 Å². The highest BCUT2D eigenvalue weighted by Gasteiger charge is 2.29. The van der Waals surface area contributed by atoms with Gasteiger partial charge >= 0.3 is 5.97 Å². The van der Waals surface area contributed by atoms with Crippen LogP contribution in [0.4, 0.5) is 0 Å². The van der Waals surface area contributed by atoms with Crippen molar-refractivity contribution in [2.24, 2.45) is 22.2 Å². The number of guanidine groups is 1. The molecule has 0 aliphatic heterocycles. The third-order valence-electron chi connectivity index (χ3n) is 6.80. The highest BCUT2D eigenvalue weighted by molar-refractivity contribution is 6.01. The van der Waals surface area contributed by atoms with Gasteiger partial charge in [0, 0.05) is 24.9 Å². The second-order valence-electron chi connectivity index (χ2n) is 10.2. The zero-order chi connectivity index (χ0) is 32.1. The quantitative estimate of drug-likeness (QED) is 0.0692. The number of benzene rings is 3. The number of aliphatic imine (C=N–C) groups is 1. The van der Waals surface area contributed by atoms with E-state index in [-0.39, 0.29) is 43.8 Å². The van der Waals surface area contributed by atoms with Gasteiger partial charge in [0.05, 0.1) is 0 Å². The molecule has 13 heteroatoms. The Morgan fingerprint density at radius 1 is 0.727 bits per heavy atom. The first-order valence-corrected chi connectivity index (χ1v) is 14.0. The molecule has 0 saturated heterocycles. The van der Waals surface area contributed by atoms with Gasteiger partial charge in [-0.2, -0.15) is 0 Å². The van der Waals surface area contributed by atoms with Crippen LogP contribution in [0.1, 0.15) is 41.6 Å². The fourth-order valence-corrected chi connectivity index (χ4v) is 4.50. The highest BCUT2D eigenvalue weighted by Crippen LogP contribution is 2.16. The molecule has 0 spiro atoms. The van der Waals surface area contributed by atoms with Crippen LogP contribution < -0.4 is 33.2 Å². The second-order valence-corrected chi connectivity index (χ2v) is 10.2. The second kappa shape index (κ2) is 16.2. The molecule has 4 amide bonds. The van der Waals surface area contributed by atoms with E-state index in [9.17, 15) is 29.1 Å². The molecule has 0 heterocycles. The molecule has 13 nitrogen and oxygen atoms in total. The predicted octanol–water partition coefficient (Wildman–Crippen LogP) is 0.554. The summed E-state index contributed by atoms with van der Waals surface area (Å²) in [7, 11) is 0. The molecule has 0 radical (unpaired) electrons. The lowest BCUT2D eigenvalue weighted by Crippen LogP contribution is -2.56. The first kappa shape index (κ1) is 33.0. The van der Waals surface area contributed by atoms with Crippen LogP contribution in [0.3, 0.4) is 0 Å². The van der Waals surface area contributed by atoms with Gasteiger partial charge in [-0.1, -0.05) is 60.7 Å². The molecule has 3 aromatic carbocycles. The number of rotatable bonds is 16. The summed E-state index contributed by atoms with van der Waals surface area (Å²) < 4.78 is 0. The summed E-state index contributed by atoms with van der Waals surface area (Å²) in [6.07, 6.45) is -0.187. The standard InChI is InChI=1S/C31H37N7O6/c32-27(41)25(17-19-7-2-1-3-8-19)38-29(43)23(11-6-16-35-31(33)34)37-30(44)24(14-15-26(39)40)36-28(42)22-13-12-20-9-4-5-10-21(20)18-22/h1-5,7-10,12-13,18,23-25H,6,11,14-17H2,(H2,32,41)(H,36,42)(H,37,44)(H,38,43)(H,39,40)(H4,33,34,35)/t23-,24-,25-/m0/s1. The minimum Gasteiger partial charge on any atom is -0.481 e. The van der Waals surface area contributed by atoms with Gasteiger partial charge in [-0.05, 0) is 47.7 Å². The number of nitrogens with zero attached hydrogens (tertiary/aromatic N) is 1. The number of carbonyl (C=O) groups excluding carboxylic acids is 4. The first-order chi connectivity index (χ1) is 21.0. The van der Waals surface area contributed by atoms with Crippen LogP contribution in [0, 0.1) is 0 Å². The fraction of sp³-hybridized carbons (Fsp3) is 0.290. The Hall–Kier alpha value is -5.46. The molecule has 232 valence electrons. The van der Waals surface area contributed by atoms with E-state index in [1.54, 1.807) is 42.5 Å². The number of aliphatic carboxylic acids is 1. The Bertz CT molecular complexity index is 1510. The summed E-state index contributed by atoms with van der Waals surface area (Å²) in [6, 6.07) is 17.8. The zero-order valence-electron chi connectivity index (χ0n) is 24.1. The van der Waals surface area contributed by atoms with Gasteiger partial charge in [0.25, 0.3) is 5.91 Å². The van der Waals surface area contributed by atoms with Crippen LogP contribution >= 0.6 is 0 Å². The van der Waals surface area contributed by atoms with Crippen molar-refractivity contribution < 1.29 is 29.1 Å². The van der Waals surface area contributed by atoms with Crippen LogP contribution in [0.5, 0.6) is 0 Å². The number of nitrogens with two attached hydrogens (primary N) is 3. The monoisotopic (exact) mass is 603 g/mol. The number of carboxylic acids is 1. The van der Waals surface area contributed by atoms with E-state index in [1.165, 1.54) is 0 Å². The van der Waals surface area contributed by atoms with Crippen molar-refractivity contribution in [1.82, 2.24) is 16.0 Å². The van der Waals surface area contributed by atoms with Crippen LogP contribution in [0.25, 0.3) is 10.8 Å². The van der Waals surface area contributed by atoms with E-state index >= 15 is 0 Å². The van der Waals surface area contributed by atoms with Crippen LogP contribution in [0.2, 0.25) is 0 Å². The Kier molecular flexibility index (Phi) is 12.2.